The highest BCUT2D eigenvalue weighted by atomic mass is 14.1. The fourth-order valence-corrected chi connectivity index (χ4v) is 2.25. The smallest absolute Gasteiger partial charge is 0.0274 e. The van der Waals surface area contributed by atoms with Gasteiger partial charge in [-0.1, -0.05) is 57.2 Å². The van der Waals surface area contributed by atoms with E-state index in [1.165, 1.54) is 49.7 Å². The standard InChI is InChI=1S/C16H25/c1-4-5-6-7-8-9-13-16-14(2)11-10-12-15(16)3/h10-12H,1,4-9,13H2,2-3H3. The van der Waals surface area contributed by atoms with Crippen molar-refractivity contribution in [2.24, 2.45) is 0 Å². The van der Waals surface area contributed by atoms with Crippen molar-refractivity contribution in [2.45, 2.75) is 58.8 Å². The zero-order valence-electron chi connectivity index (χ0n) is 10.9. The third kappa shape index (κ3) is 4.38. The van der Waals surface area contributed by atoms with Gasteiger partial charge in [-0.05, 0) is 43.4 Å². The average molecular weight is 217 g/mol. The van der Waals surface area contributed by atoms with E-state index in [1.54, 1.807) is 5.56 Å². The first-order chi connectivity index (χ1) is 7.75. The minimum absolute atomic E-state index is 1.09. The maximum Gasteiger partial charge on any atom is -0.0274 e. The zero-order valence-corrected chi connectivity index (χ0v) is 10.9. The summed E-state index contributed by atoms with van der Waals surface area (Å²) in [6.45, 7) is 8.33. The molecule has 0 unspecified atom stereocenters. The van der Waals surface area contributed by atoms with E-state index in [0.717, 1.165) is 6.42 Å². The Balaban J connectivity index is 2.26. The third-order valence-electron chi connectivity index (χ3n) is 3.32. The SMILES string of the molecule is [CH2]CCCCCCCc1c(C)cccc1C. The second kappa shape index (κ2) is 7.49. The molecule has 1 rings (SSSR count). The molecule has 0 saturated heterocycles. The Morgan fingerprint density at radius 2 is 1.44 bits per heavy atom. The van der Waals surface area contributed by atoms with Crippen molar-refractivity contribution >= 4 is 0 Å². The summed E-state index contributed by atoms with van der Waals surface area (Å²) in [7, 11) is 0. The Morgan fingerprint density at radius 1 is 0.875 bits per heavy atom. The highest BCUT2D eigenvalue weighted by molar-refractivity contribution is 5.33. The van der Waals surface area contributed by atoms with Gasteiger partial charge in [-0.25, -0.2) is 0 Å². The summed E-state index contributed by atoms with van der Waals surface area (Å²) in [6, 6.07) is 6.61. The van der Waals surface area contributed by atoms with Gasteiger partial charge in [0.2, 0.25) is 0 Å². The fourth-order valence-electron chi connectivity index (χ4n) is 2.25. The van der Waals surface area contributed by atoms with Crippen molar-refractivity contribution in [1.82, 2.24) is 0 Å². The van der Waals surface area contributed by atoms with Crippen molar-refractivity contribution < 1.29 is 0 Å². The first-order valence-electron chi connectivity index (χ1n) is 6.60. The molecule has 0 heteroatoms. The van der Waals surface area contributed by atoms with Crippen LogP contribution in [0.25, 0.3) is 0 Å². The Hall–Kier alpha value is -0.780. The molecule has 89 valence electrons. The summed E-state index contributed by atoms with van der Waals surface area (Å²) in [5, 5.41) is 0. The van der Waals surface area contributed by atoms with E-state index in [-0.39, 0.29) is 0 Å². The number of aryl methyl sites for hydroxylation is 2. The molecular weight excluding hydrogens is 192 g/mol. The van der Waals surface area contributed by atoms with E-state index in [0.29, 0.717) is 0 Å². The van der Waals surface area contributed by atoms with Crippen LogP contribution in [0.5, 0.6) is 0 Å². The molecular formula is C16H25. The van der Waals surface area contributed by atoms with Crippen LogP contribution in [0.4, 0.5) is 0 Å². The van der Waals surface area contributed by atoms with Gasteiger partial charge in [-0.15, -0.1) is 0 Å². The molecule has 0 aliphatic heterocycles. The van der Waals surface area contributed by atoms with Gasteiger partial charge in [-0.3, -0.25) is 0 Å². The van der Waals surface area contributed by atoms with E-state index >= 15 is 0 Å². The summed E-state index contributed by atoms with van der Waals surface area (Å²) in [5.41, 5.74) is 4.48. The number of unbranched alkanes of at least 4 members (excludes halogenated alkanes) is 5. The Bertz CT molecular complexity index is 279. The number of benzene rings is 1. The fraction of sp³-hybridized carbons (Fsp3) is 0.562. The molecule has 0 heterocycles. The van der Waals surface area contributed by atoms with E-state index in [2.05, 4.69) is 39.0 Å². The molecule has 0 saturated carbocycles. The monoisotopic (exact) mass is 217 g/mol. The highest BCUT2D eigenvalue weighted by Gasteiger charge is 2.01. The topological polar surface area (TPSA) is 0 Å². The first kappa shape index (κ1) is 13.3. The number of hydrogen-bond donors (Lipinski definition) is 0. The molecule has 0 amide bonds. The zero-order chi connectivity index (χ0) is 11.8. The molecule has 0 spiro atoms. The van der Waals surface area contributed by atoms with Crippen LogP contribution in [0.2, 0.25) is 0 Å². The minimum atomic E-state index is 1.09. The van der Waals surface area contributed by atoms with Gasteiger partial charge in [0.15, 0.2) is 0 Å². The van der Waals surface area contributed by atoms with Crippen molar-refractivity contribution in [3.63, 3.8) is 0 Å². The molecule has 1 radical (unpaired) electrons. The lowest BCUT2D eigenvalue weighted by atomic mass is 9.97. The number of hydrogen-bond acceptors (Lipinski definition) is 0. The Morgan fingerprint density at radius 3 is 2.06 bits per heavy atom. The lowest BCUT2D eigenvalue weighted by Crippen LogP contribution is -1.93. The lowest BCUT2D eigenvalue weighted by Gasteiger charge is -2.09. The van der Waals surface area contributed by atoms with E-state index < -0.39 is 0 Å². The maximum atomic E-state index is 3.87. The minimum Gasteiger partial charge on any atom is -0.0617 e. The van der Waals surface area contributed by atoms with Crippen LogP contribution in [0.1, 0.15) is 55.2 Å². The predicted octanol–water partition coefficient (Wildman–Crippen LogP) is 5.02. The predicted molar refractivity (Wildman–Crippen MR) is 72.7 cm³/mol. The van der Waals surface area contributed by atoms with Gasteiger partial charge in [0.05, 0.1) is 0 Å². The normalized spacial score (nSPS) is 10.7. The molecule has 0 N–H and O–H groups in total. The quantitative estimate of drug-likeness (QED) is 0.562. The van der Waals surface area contributed by atoms with Crippen LogP contribution in [0.3, 0.4) is 0 Å². The van der Waals surface area contributed by atoms with E-state index in [4.69, 9.17) is 0 Å². The van der Waals surface area contributed by atoms with Crippen LogP contribution >= 0.6 is 0 Å². The van der Waals surface area contributed by atoms with Gasteiger partial charge < -0.3 is 0 Å². The largest absolute Gasteiger partial charge is 0.0617 e. The van der Waals surface area contributed by atoms with Crippen molar-refractivity contribution in [3.8, 4) is 0 Å². The summed E-state index contributed by atoms with van der Waals surface area (Å²) in [4.78, 5) is 0. The van der Waals surface area contributed by atoms with Gasteiger partial charge in [0.1, 0.15) is 0 Å². The Labute approximate surface area is 101 Å². The lowest BCUT2D eigenvalue weighted by molar-refractivity contribution is 0.616. The molecule has 0 fully saturated rings. The van der Waals surface area contributed by atoms with Gasteiger partial charge in [0.25, 0.3) is 0 Å². The van der Waals surface area contributed by atoms with Gasteiger partial charge in [-0.2, -0.15) is 0 Å². The van der Waals surface area contributed by atoms with Gasteiger partial charge >= 0.3 is 0 Å². The van der Waals surface area contributed by atoms with Crippen LogP contribution < -0.4 is 0 Å². The maximum absolute atomic E-state index is 3.87. The average Bonchev–Trinajstić information content (AvgIpc) is 2.26. The Kier molecular flexibility index (Phi) is 6.22. The van der Waals surface area contributed by atoms with E-state index in [1.807, 2.05) is 0 Å². The molecule has 1 aromatic carbocycles. The second-order valence-electron chi connectivity index (χ2n) is 4.74. The first-order valence-corrected chi connectivity index (χ1v) is 6.60. The molecule has 0 aliphatic carbocycles. The molecule has 0 aliphatic rings. The molecule has 0 atom stereocenters. The molecule has 16 heavy (non-hydrogen) atoms. The van der Waals surface area contributed by atoms with Crippen molar-refractivity contribution in [1.29, 1.82) is 0 Å². The summed E-state index contributed by atoms with van der Waals surface area (Å²) < 4.78 is 0. The van der Waals surface area contributed by atoms with Crippen LogP contribution in [-0.4, -0.2) is 0 Å². The summed E-state index contributed by atoms with van der Waals surface area (Å²) in [5.74, 6) is 0. The van der Waals surface area contributed by atoms with Crippen molar-refractivity contribution in [3.05, 3.63) is 41.8 Å². The van der Waals surface area contributed by atoms with E-state index in [9.17, 15) is 0 Å². The summed E-state index contributed by atoms with van der Waals surface area (Å²) in [6.07, 6.45) is 9.08. The molecule has 0 aromatic heterocycles. The van der Waals surface area contributed by atoms with Crippen LogP contribution in [0.15, 0.2) is 18.2 Å². The molecule has 0 nitrogen and oxygen atoms in total. The molecule has 0 bridgehead atoms. The van der Waals surface area contributed by atoms with Crippen LogP contribution in [0, 0.1) is 20.8 Å². The highest BCUT2D eigenvalue weighted by Crippen LogP contribution is 2.17. The third-order valence-corrected chi connectivity index (χ3v) is 3.32. The second-order valence-corrected chi connectivity index (χ2v) is 4.74. The number of rotatable bonds is 7. The van der Waals surface area contributed by atoms with Gasteiger partial charge in [0, 0.05) is 0 Å². The molecule has 1 aromatic rings. The van der Waals surface area contributed by atoms with Crippen molar-refractivity contribution in [2.75, 3.05) is 0 Å². The van der Waals surface area contributed by atoms with Crippen LogP contribution in [-0.2, 0) is 6.42 Å². The summed E-state index contributed by atoms with van der Waals surface area (Å²) >= 11 is 0.